The number of halogens is 1. The molecule has 2 N–H and O–H groups in total. The number of hydrogen-bond acceptors (Lipinski definition) is 5. The average molecular weight is 434 g/mol. The van der Waals surface area contributed by atoms with Crippen molar-refractivity contribution in [3.05, 3.63) is 59.1 Å². The van der Waals surface area contributed by atoms with Crippen molar-refractivity contribution in [2.45, 2.75) is 31.6 Å². The van der Waals surface area contributed by atoms with Crippen LogP contribution in [0, 0.1) is 11.8 Å². The van der Waals surface area contributed by atoms with Gasteiger partial charge >= 0.3 is 0 Å². The summed E-state index contributed by atoms with van der Waals surface area (Å²) >= 11 is 6.11. The number of rotatable bonds is 5. The first-order chi connectivity index (χ1) is 14.5. The van der Waals surface area contributed by atoms with Crippen molar-refractivity contribution in [1.29, 1.82) is 0 Å². The highest BCUT2D eigenvalue weighted by atomic mass is 35.5. The fourth-order valence-electron chi connectivity index (χ4n) is 4.52. The minimum absolute atomic E-state index is 0.186. The summed E-state index contributed by atoms with van der Waals surface area (Å²) in [4.78, 5) is 10.8. The molecule has 4 atom stereocenters. The van der Waals surface area contributed by atoms with Crippen molar-refractivity contribution in [2.24, 2.45) is 11.8 Å². The van der Waals surface area contributed by atoms with Gasteiger partial charge in [0.05, 0.1) is 13.2 Å². The van der Waals surface area contributed by atoms with Crippen LogP contribution in [0.15, 0.2) is 48.5 Å². The largest absolute Gasteiger partial charge is 0.493 e. The van der Waals surface area contributed by atoms with Gasteiger partial charge in [0.25, 0.3) is 6.47 Å². The van der Waals surface area contributed by atoms with Gasteiger partial charge in [-0.05, 0) is 54.5 Å². The number of para-hydroxylation sites is 2. The average Bonchev–Trinajstić information content (AvgIpc) is 3.10. The normalized spacial score (nSPS) is 25.6. The van der Waals surface area contributed by atoms with Crippen molar-refractivity contribution in [1.82, 2.24) is 4.90 Å². The van der Waals surface area contributed by atoms with Gasteiger partial charge in [0, 0.05) is 24.7 Å². The molecule has 1 saturated carbocycles. The van der Waals surface area contributed by atoms with Crippen LogP contribution in [0.1, 0.15) is 18.4 Å². The van der Waals surface area contributed by atoms with Crippen LogP contribution in [0.4, 0.5) is 0 Å². The Labute approximate surface area is 182 Å². The summed E-state index contributed by atoms with van der Waals surface area (Å²) in [6.45, 7) is 2.72. The van der Waals surface area contributed by atoms with Crippen molar-refractivity contribution < 1.29 is 24.5 Å². The number of aliphatic hydroxyl groups excluding tert-OH is 1. The lowest BCUT2D eigenvalue weighted by Gasteiger charge is -2.35. The second-order valence-corrected chi connectivity index (χ2v) is 8.23. The Morgan fingerprint density at radius 2 is 1.77 bits per heavy atom. The van der Waals surface area contributed by atoms with Gasteiger partial charge in [-0.15, -0.1) is 0 Å². The third-order valence-corrected chi connectivity index (χ3v) is 6.04. The maximum absolute atomic E-state index is 10.7. The second kappa shape index (κ2) is 10.7. The molecule has 2 fully saturated rings. The zero-order valence-corrected chi connectivity index (χ0v) is 17.7. The van der Waals surface area contributed by atoms with Gasteiger partial charge in [0.15, 0.2) is 11.5 Å². The number of hydrogen-bond donors (Lipinski definition) is 2. The van der Waals surface area contributed by atoms with E-state index >= 15 is 0 Å². The molecule has 6 nitrogen and oxygen atoms in total. The van der Waals surface area contributed by atoms with E-state index in [9.17, 15) is 5.11 Å². The van der Waals surface area contributed by atoms with Gasteiger partial charge in [-0.3, -0.25) is 9.69 Å². The Bertz CT molecular complexity index is 833. The molecule has 0 radical (unpaired) electrons. The number of methoxy groups -OCH3 is 1. The van der Waals surface area contributed by atoms with Crippen LogP contribution in [0.3, 0.4) is 0 Å². The Kier molecular flexibility index (Phi) is 7.96. The molecule has 2 aromatic rings. The maximum atomic E-state index is 10.7. The van der Waals surface area contributed by atoms with Crippen LogP contribution in [0.25, 0.3) is 0 Å². The Hall–Kier alpha value is -2.28. The summed E-state index contributed by atoms with van der Waals surface area (Å²) in [6.07, 6.45) is 1.03. The minimum Gasteiger partial charge on any atom is -0.493 e. The van der Waals surface area contributed by atoms with E-state index in [4.69, 9.17) is 31.0 Å². The first kappa shape index (κ1) is 22.4. The number of carbonyl (C=O) groups is 1. The zero-order valence-electron chi connectivity index (χ0n) is 17.0. The van der Waals surface area contributed by atoms with Gasteiger partial charge in [-0.2, -0.15) is 0 Å². The van der Waals surface area contributed by atoms with Crippen molar-refractivity contribution >= 4 is 18.1 Å². The summed E-state index contributed by atoms with van der Waals surface area (Å²) in [7, 11) is 1.64. The first-order valence-electron chi connectivity index (χ1n) is 10.1. The number of likely N-dealkylation sites (tertiary alicyclic amines) is 1. The fourth-order valence-corrected chi connectivity index (χ4v) is 4.73. The molecule has 162 valence electrons. The second-order valence-electron chi connectivity index (χ2n) is 7.80. The van der Waals surface area contributed by atoms with E-state index in [1.165, 1.54) is 5.56 Å². The number of aliphatic hydroxyl groups is 1. The zero-order chi connectivity index (χ0) is 21.5. The van der Waals surface area contributed by atoms with Crippen LogP contribution in [0.5, 0.6) is 11.5 Å². The summed E-state index contributed by atoms with van der Waals surface area (Å²) in [5.74, 6) is 2.49. The molecule has 2 aromatic carbocycles. The van der Waals surface area contributed by atoms with E-state index < -0.39 is 6.10 Å². The topological polar surface area (TPSA) is 79.2 Å². The molecule has 30 heavy (non-hydrogen) atoms. The Balaban J connectivity index is 0.000000806. The first-order valence-corrected chi connectivity index (χ1v) is 10.4. The van der Waals surface area contributed by atoms with Crippen molar-refractivity contribution in [3.8, 4) is 11.5 Å². The molecule has 4 rings (SSSR count). The van der Waals surface area contributed by atoms with E-state index in [1.54, 1.807) is 7.11 Å². The van der Waals surface area contributed by atoms with Gasteiger partial charge in [-0.1, -0.05) is 35.9 Å². The lowest BCUT2D eigenvalue weighted by Crippen LogP contribution is -2.42. The molecule has 1 saturated heterocycles. The number of carboxylic acid groups (broad SMARTS) is 1. The van der Waals surface area contributed by atoms with Crippen LogP contribution in [0.2, 0.25) is 5.02 Å². The SMILES string of the molecule is COc1ccccc1O[C@@H]1C[C@@H]2CN(Cc3cccc(Cl)c3)C[C@@H]2C[C@H]1O.O=CO. The third kappa shape index (κ3) is 5.65. The monoisotopic (exact) mass is 433 g/mol. The molecule has 0 amide bonds. The maximum Gasteiger partial charge on any atom is 0.290 e. The highest BCUT2D eigenvalue weighted by Crippen LogP contribution is 2.39. The number of ether oxygens (including phenoxy) is 2. The molecule has 0 spiro atoms. The third-order valence-electron chi connectivity index (χ3n) is 5.80. The van der Waals surface area contributed by atoms with Crippen molar-refractivity contribution in [2.75, 3.05) is 20.2 Å². The molecule has 0 bridgehead atoms. The quantitative estimate of drug-likeness (QED) is 0.700. The molecule has 1 heterocycles. The molecule has 1 aliphatic heterocycles. The standard InChI is InChI=1S/C22H26ClNO3.CH2O2/c1-26-20-7-2-3-8-21(20)27-22-11-17-14-24(13-16(17)10-19(22)25)12-15-5-4-6-18(23)9-15;2-1-3/h2-9,16-17,19,22,25H,10-14H2,1H3;1H,(H,2,3)/t16-,17+,19+,22+;/m0./s1. The van der Waals surface area contributed by atoms with E-state index in [2.05, 4.69) is 11.0 Å². The van der Waals surface area contributed by atoms with E-state index in [0.717, 1.165) is 37.5 Å². The van der Waals surface area contributed by atoms with Crippen LogP contribution >= 0.6 is 11.6 Å². The summed E-state index contributed by atoms with van der Waals surface area (Å²) in [5.41, 5.74) is 1.24. The summed E-state index contributed by atoms with van der Waals surface area (Å²) < 4.78 is 11.5. The van der Waals surface area contributed by atoms with E-state index in [1.807, 2.05) is 42.5 Å². The van der Waals surface area contributed by atoms with Gasteiger partial charge < -0.3 is 19.7 Å². The van der Waals surface area contributed by atoms with Crippen LogP contribution in [-0.2, 0) is 11.3 Å². The summed E-state index contributed by atoms with van der Waals surface area (Å²) in [6, 6.07) is 15.7. The van der Waals surface area contributed by atoms with Crippen LogP contribution < -0.4 is 9.47 Å². The molecule has 0 unspecified atom stereocenters. The lowest BCUT2D eigenvalue weighted by atomic mass is 9.78. The van der Waals surface area contributed by atoms with Gasteiger partial charge in [-0.25, -0.2) is 0 Å². The van der Waals surface area contributed by atoms with E-state index in [0.29, 0.717) is 23.3 Å². The predicted molar refractivity (Wildman–Crippen MR) is 115 cm³/mol. The van der Waals surface area contributed by atoms with E-state index in [-0.39, 0.29) is 12.6 Å². The smallest absolute Gasteiger partial charge is 0.290 e. The fraction of sp³-hybridized carbons (Fsp3) is 0.435. The summed E-state index contributed by atoms with van der Waals surface area (Å²) in [5, 5.41) is 18.3. The molecule has 0 aromatic heterocycles. The molecular weight excluding hydrogens is 406 g/mol. The molecule has 1 aliphatic carbocycles. The minimum atomic E-state index is -0.442. The highest BCUT2D eigenvalue weighted by molar-refractivity contribution is 6.30. The Morgan fingerprint density at radius 3 is 2.43 bits per heavy atom. The number of nitrogens with zero attached hydrogens (tertiary/aromatic N) is 1. The van der Waals surface area contributed by atoms with Gasteiger partial charge in [0.2, 0.25) is 0 Å². The van der Waals surface area contributed by atoms with Gasteiger partial charge in [0.1, 0.15) is 6.10 Å². The Morgan fingerprint density at radius 1 is 1.10 bits per heavy atom. The van der Waals surface area contributed by atoms with Crippen LogP contribution in [-0.4, -0.2) is 54.0 Å². The lowest BCUT2D eigenvalue weighted by molar-refractivity contribution is -0.122. The predicted octanol–water partition coefficient (Wildman–Crippen LogP) is 3.70. The highest BCUT2D eigenvalue weighted by Gasteiger charge is 2.42. The number of fused-ring (bicyclic) bond motifs is 1. The molecule has 2 aliphatic rings. The van der Waals surface area contributed by atoms with Crippen molar-refractivity contribution in [3.63, 3.8) is 0 Å². The molecule has 7 heteroatoms. The number of benzene rings is 2. The molecular formula is C23H28ClNO5.